The summed E-state index contributed by atoms with van der Waals surface area (Å²) in [6.45, 7) is 3.98. The zero-order valence-corrected chi connectivity index (χ0v) is 15.7. The van der Waals surface area contributed by atoms with Crippen LogP contribution in [0, 0.1) is 0 Å². The molecule has 2 heterocycles. The number of hydrogen-bond acceptors (Lipinski definition) is 5. The van der Waals surface area contributed by atoms with Crippen LogP contribution in [-0.4, -0.2) is 27.7 Å². The second kappa shape index (κ2) is 7.84. The van der Waals surface area contributed by atoms with Crippen LogP contribution in [0.1, 0.15) is 20.3 Å². The molecule has 130 valence electrons. The van der Waals surface area contributed by atoms with Crippen LogP contribution in [-0.2, 0) is 4.79 Å². The molecule has 5 nitrogen and oxygen atoms in total. The van der Waals surface area contributed by atoms with Gasteiger partial charge in [-0.15, -0.1) is 11.3 Å². The maximum Gasteiger partial charge on any atom is 0.260 e. The number of rotatable bonds is 6. The topological polar surface area (TPSA) is 74.8 Å². The maximum atomic E-state index is 12.5. The maximum absolute atomic E-state index is 12.5. The molecule has 1 amide bonds. The van der Waals surface area contributed by atoms with Crippen LogP contribution in [0.2, 0.25) is 0 Å². The van der Waals surface area contributed by atoms with Gasteiger partial charge in [0.15, 0.2) is 5.16 Å². The predicted molar refractivity (Wildman–Crippen MR) is 104 cm³/mol. The van der Waals surface area contributed by atoms with Crippen LogP contribution in [0.25, 0.3) is 21.3 Å². The number of amides is 1. The van der Waals surface area contributed by atoms with Gasteiger partial charge in [-0.05, 0) is 18.9 Å². The Kier molecular flexibility index (Phi) is 5.55. The molecular formula is C18H19N3O2S2. The average Bonchev–Trinajstić information content (AvgIpc) is 3.05. The number of carbonyl (C=O) groups is 1. The number of aromatic amines is 1. The third-order valence-electron chi connectivity index (χ3n) is 3.87. The van der Waals surface area contributed by atoms with Crippen molar-refractivity contribution in [3.63, 3.8) is 0 Å². The lowest BCUT2D eigenvalue weighted by Gasteiger charge is -2.10. The summed E-state index contributed by atoms with van der Waals surface area (Å²) in [7, 11) is 0. The van der Waals surface area contributed by atoms with Crippen molar-refractivity contribution in [1.29, 1.82) is 0 Å². The lowest BCUT2D eigenvalue weighted by atomic mass is 10.1. The fraction of sp³-hybridized carbons (Fsp3) is 0.278. The normalized spacial score (nSPS) is 12.2. The molecule has 1 aromatic carbocycles. The van der Waals surface area contributed by atoms with E-state index in [1.807, 2.05) is 49.6 Å². The van der Waals surface area contributed by atoms with Gasteiger partial charge in [-0.25, -0.2) is 4.98 Å². The molecule has 0 unspecified atom stereocenters. The summed E-state index contributed by atoms with van der Waals surface area (Å²) in [5.74, 6) is 0.175. The third-order valence-corrected chi connectivity index (χ3v) is 5.61. The van der Waals surface area contributed by atoms with Gasteiger partial charge in [-0.3, -0.25) is 9.59 Å². The Morgan fingerprint density at radius 3 is 2.84 bits per heavy atom. The molecule has 2 aromatic heterocycles. The summed E-state index contributed by atoms with van der Waals surface area (Å²) in [6, 6.07) is 9.93. The minimum Gasteiger partial charge on any atom is -0.353 e. The molecule has 7 heteroatoms. The van der Waals surface area contributed by atoms with Gasteiger partial charge in [0.1, 0.15) is 4.83 Å². The number of carbonyl (C=O) groups excluding carboxylic acids is 1. The second-order valence-corrected chi connectivity index (χ2v) is 7.55. The average molecular weight is 374 g/mol. The highest BCUT2D eigenvalue weighted by molar-refractivity contribution is 7.99. The molecular weight excluding hydrogens is 354 g/mol. The molecule has 0 saturated heterocycles. The van der Waals surface area contributed by atoms with Gasteiger partial charge < -0.3 is 10.3 Å². The molecule has 3 rings (SSSR count). The highest BCUT2D eigenvalue weighted by Crippen LogP contribution is 2.31. The molecule has 25 heavy (non-hydrogen) atoms. The first-order chi connectivity index (χ1) is 12.1. The summed E-state index contributed by atoms with van der Waals surface area (Å²) >= 11 is 2.68. The Labute approximate surface area is 153 Å². The van der Waals surface area contributed by atoms with E-state index >= 15 is 0 Å². The number of H-pyrrole nitrogens is 1. The summed E-state index contributed by atoms with van der Waals surface area (Å²) < 4.78 is 0. The van der Waals surface area contributed by atoms with Crippen LogP contribution in [0.4, 0.5) is 0 Å². The molecule has 0 saturated carbocycles. The first-order valence-corrected chi connectivity index (χ1v) is 9.94. The Balaban J connectivity index is 1.82. The largest absolute Gasteiger partial charge is 0.353 e. The van der Waals surface area contributed by atoms with Crippen molar-refractivity contribution in [2.24, 2.45) is 0 Å². The zero-order valence-electron chi connectivity index (χ0n) is 14.0. The van der Waals surface area contributed by atoms with Crippen LogP contribution in [0.15, 0.2) is 45.7 Å². The van der Waals surface area contributed by atoms with Gasteiger partial charge >= 0.3 is 0 Å². The Morgan fingerprint density at radius 1 is 1.36 bits per heavy atom. The Morgan fingerprint density at radius 2 is 2.12 bits per heavy atom. The first kappa shape index (κ1) is 17.7. The number of thioether (sulfide) groups is 1. The van der Waals surface area contributed by atoms with Crippen LogP contribution >= 0.6 is 23.1 Å². The van der Waals surface area contributed by atoms with Gasteiger partial charge in [-0.2, -0.15) is 0 Å². The van der Waals surface area contributed by atoms with E-state index in [0.29, 0.717) is 15.4 Å². The van der Waals surface area contributed by atoms with Crippen molar-refractivity contribution < 1.29 is 4.79 Å². The number of aromatic nitrogens is 2. The van der Waals surface area contributed by atoms with E-state index in [2.05, 4.69) is 15.3 Å². The minimum absolute atomic E-state index is 0.0572. The van der Waals surface area contributed by atoms with E-state index in [1.54, 1.807) is 0 Å². The molecule has 0 aliphatic rings. The third kappa shape index (κ3) is 4.11. The van der Waals surface area contributed by atoms with Crippen molar-refractivity contribution in [2.75, 3.05) is 5.75 Å². The zero-order chi connectivity index (χ0) is 17.8. The van der Waals surface area contributed by atoms with Gasteiger partial charge in [0.2, 0.25) is 5.91 Å². The van der Waals surface area contributed by atoms with E-state index in [4.69, 9.17) is 0 Å². The van der Waals surface area contributed by atoms with Crippen LogP contribution in [0.3, 0.4) is 0 Å². The number of nitrogens with one attached hydrogen (secondary N) is 2. The summed E-state index contributed by atoms with van der Waals surface area (Å²) in [5, 5.41) is 5.92. The van der Waals surface area contributed by atoms with Crippen LogP contribution in [0.5, 0.6) is 0 Å². The molecule has 0 radical (unpaired) electrons. The molecule has 0 aliphatic heterocycles. The molecule has 0 bridgehead atoms. The monoisotopic (exact) mass is 373 g/mol. The van der Waals surface area contributed by atoms with Gasteiger partial charge in [0.05, 0.1) is 11.1 Å². The fourth-order valence-electron chi connectivity index (χ4n) is 2.38. The summed E-state index contributed by atoms with van der Waals surface area (Å²) in [6.07, 6.45) is 0.884. The summed E-state index contributed by atoms with van der Waals surface area (Å²) in [4.78, 5) is 32.4. The molecule has 0 fully saturated rings. The smallest absolute Gasteiger partial charge is 0.260 e. The Bertz CT molecular complexity index is 934. The van der Waals surface area contributed by atoms with E-state index in [1.165, 1.54) is 23.1 Å². The fourth-order valence-corrected chi connectivity index (χ4v) is 4.06. The second-order valence-electron chi connectivity index (χ2n) is 5.73. The number of thiophene rings is 1. The lowest BCUT2D eigenvalue weighted by molar-refractivity contribution is -0.119. The van der Waals surface area contributed by atoms with Crippen LogP contribution < -0.4 is 10.9 Å². The van der Waals surface area contributed by atoms with E-state index in [9.17, 15) is 9.59 Å². The molecule has 0 spiro atoms. The van der Waals surface area contributed by atoms with Gasteiger partial charge in [0, 0.05) is 17.0 Å². The molecule has 2 N–H and O–H groups in total. The van der Waals surface area contributed by atoms with E-state index in [0.717, 1.165) is 17.5 Å². The molecule has 0 aliphatic carbocycles. The lowest BCUT2D eigenvalue weighted by Crippen LogP contribution is -2.33. The van der Waals surface area contributed by atoms with E-state index in [-0.39, 0.29) is 23.3 Å². The minimum atomic E-state index is -0.171. The van der Waals surface area contributed by atoms with Gasteiger partial charge in [0.25, 0.3) is 5.56 Å². The first-order valence-electron chi connectivity index (χ1n) is 8.07. The highest BCUT2D eigenvalue weighted by Gasteiger charge is 2.14. The van der Waals surface area contributed by atoms with Crippen molar-refractivity contribution in [2.45, 2.75) is 31.5 Å². The SMILES string of the molecule is CC[C@@H](C)NC(=O)CSc1nc2scc(-c3ccccc3)c2c(=O)[nH]1. The van der Waals surface area contributed by atoms with Crippen molar-refractivity contribution in [1.82, 2.24) is 15.3 Å². The number of fused-ring (bicyclic) bond motifs is 1. The highest BCUT2D eigenvalue weighted by atomic mass is 32.2. The Hall–Kier alpha value is -2.12. The standard InChI is InChI=1S/C18H19N3O2S2/c1-3-11(2)19-14(22)10-25-18-20-16(23)15-13(9-24-17(15)21-18)12-7-5-4-6-8-12/h4-9,11H,3,10H2,1-2H3,(H,19,22)(H,20,21,23)/t11-/m1/s1. The quantitative estimate of drug-likeness (QED) is 0.511. The molecule has 1 atom stereocenters. The van der Waals surface area contributed by atoms with E-state index < -0.39 is 0 Å². The predicted octanol–water partition coefficient (Wildman–Crippen LogP) is 3.66. The number of hydrogen-bond donors (Lipinski definition) is 2. The van der Waals surface area contributed by atoms with Crippen molar-refractivity contribution in [3.8, 4) is 11.1 Å². The number of nitrogens with zero attached hydrogens (tertiary/aromatic N) is 1. The van der Waals surface area contributed by atoms with Crippen molar-refractivity contribution in [3.05, 3.63) is 46.1 Å². The summed E-state index contributed by atoms with van der Waals surface area (Å²) in [5.41, 5.74) is 1.71. The van der Waals surface area contributed by atoms with Gasteiger partial charge in [-0.1, -0.05) is 49.0 Å². The number of benzene rings is 1. The van der Waals surface area contributed by atoms with Crippen molar-refractivity contribution >= 4 is 39.2 Å². The molecule has 3 aromatic rings.